The second kappa shape index (κ2) is 7.40. The van der Waals surface area contributed by atoms with E-state index in [1.54, 1.807) is 0 Å². The van der Waals surface area contributed by atoms with Gasteiger partial charge in [-0.05, 0) is 73.1 Å². The van der Waals surface area contributed by atoms with Crippen molar-refractivity contribution in [3.8, 4) is 0 Å². The van der Waals surface area contributed by atoms with E-state index >= 15 is 0 Å². The molecule has 0 radical (unpaired) electrons. The Hall–Kier alpha value is -0.160. The molecule has 2 saturated heterocycles. The Bertz CT molecular complexity index is 318. The first-order chi connectivity index (χ1) is 9.98. The largest absolute Gasteiger partial charge is 0.329 e. The SMILES string of the molecule is CC(C)N1CCCC(CN)(N2CCCC(N(C)C)C2)CC1. The maximum absolute atomic E-state index is 6.31. The van der Waals surface area contributed by atoms with Gasteiger partial charge in [-0.15, -0.1) is 0 Å². The highest BCUT2D eigenvalue weighted by molar-refractivity contribution is 4.97. The van der Waals surface area contributed by atoms with E-state index in [1.807, 2.05) is 0 Å². The van der Waals surface area contributed by atoms with Crippen molar-refractivity contribution in [2.24, 2.45) is 5.73 Å². The van der Waals surface area contributed by atoms with Gasteiger partial charge in [0.15, 0.2) is 0 Å². The summed E-state index contributed by atoms with van der Waals surface area (Å²) in [5, 5.41) is 0. The molecular formula is C17H36N4. The first-order valence-electron chi connectivity index (χ1n) is 8.84. The number of likely N-dealkylation sites (N-methyl/N-ethyl adjacent to an activating group) is 1. The van der Waals surface area contributed by atoms with Crippen molar-refractivity contribution >= 4 is 0 Å². The van der Waals surface area contributed by atoms with Gasteiger partial charge in [0.2, 0.25) is 0 Å². The molecule has 2 N–H and O–H groups in total. The van der Waals surface area contributed by atoms with Crippen molar-refractivity contribution < 1.29 is 0 Å². The first kappa shape index (κ1) is 17.2. The van der Waals surface area contributed by atoms with Crippen LogP contribution in [0.5, 0.6) is 0 Å². The molecule has 2 aliphatic heterocycles. The molecular weight excluding hydrogens is 260 g/mol. The van der Waals surface area contributed by atoms with Gasteiger partial charge in [-0.3, -0.25) is 4.90 Å². The van der Waals surface area contributed by atoms with E-state index in [4.69, 9.17) is 5.73 Å². The summed E-state index contributed by atoms with van der Waals surface area (Å²) in [6.07, 6.45) is 6.45. The second-order valence-corrected chi connectivity index (χ2v) is 7.62. The molecule has 2 aliphatic rings. The van der Waals surface area contributed by atoms with E-state index in [9.17, 15) is 0 Å². The van der Waals surface area contributed by atoms with Crippen LogP contribution in [-0.2, 0) is 0 Å². The highest BCUT2D eigenvalue weighted by atomic mass is 15.3. The van der Waals surface area contributed by atoms with Crippen LogP contribution >= 0.6 is 0 Å². The topological polar surface area (TPSA) is 35.7 Å². The number of nitrogens with zero attached hydrogens (tertiary/aromatic N) is 3. The van der Waals surface area contributed by atoms with Crippen LogP contribution in [0.2, 0.25) is 0 Å². The van der Waals surface area contributed by atoms with Crippen molar-refractivity contribution in [2.75, 3.05) is 46.8 Å². The van der Waals surface area contributed by atoms with Gasteiger partial charge in [-0.2, -0.15) is 0 Å². The van der Waals surface area contributed by atoms with Gasteiger partial charge < -0.3 is 15.5 Å². The van der Waals surface area contributed by atoms with Gasteiger partial charge in [0.25, 0.3) is 0 Å². The van der Waals surface area contributed by atoms with Crippen LogP contribution in [0.4, 0.5) is 0 Å². The Morgan fingerprint density at radius 2 is 1.90 bits per heavy atom. The Kier molecular flexibility index (Phi) is 6.06. The summed E-state index contributed by atoms with van der Waals surface area (Å²) in [5.74, 6) is 0. The number of hydrogen-bond donors (Lipinski definition) is 1. The maximum Gasteiger partial charge on any atom is 0.0345 e. The second-order valence-electron chi connectivity index (χ2n) is 7.62. The molecule has 0 amide bonds. The third-order valence-electron chi connectivity index (χ3n) is 5.86. The molecule has 0 aliphatic carbocycles. The number of hydrogen-bond acceptors (Lipinski definition) is 4. The fourth-order valence-electron chi connectivity index (χ4n) is 4.17. The van der Waals surface area contributed by atoms with E-state index in [-0.39, 0.29) is 5.54 Å². The Labute approximate surface area is 131 Å². The van der Waals surface area contributed by atoms with E-state index in [0.29, 0.717) is 12.1 Å². The molecule has 0 aromatic rings. The number of nitrogens with two attached hydrogens (primary N) is 1. The summed E-state index contributed by atoms with van der Waals surface area (Å²) < 4.78 is 0. The molecule has 0 aromatic heterocycles. The van der Waals surface area contributed by atoms with Crippen molar-refractivity contribution in [3.63, 3.8) is 0 Å². The normalized spacial score (nSPS) is 33.6. The number of piperidine rings is 1. The van der Waals surface area contributed by atoms with Crippen LogP contribution in [0.1, 0.15) is 46.0 Å². The standard InChI is InChI=1S/C17H36N4/c1-15(2)20-10-6-8-17(14-18,9-12-20)21-11-5-7-16(13-21)19(3)4/h15-16H,5-14,18H2,1-4H3. The summed E-state index contributed by atoms with van der Waals surface area (Å²) in [4.78, 5) is 7.77. The highest BCUT2D eigenvalue weighted by Crippen LogP contribution is 2.32. The van der Waals surface area contributed by atoms with Crippen molar-refractivity contribution in [2.45, 2.75) is 63.6 Å². The molecule has 4 nitrogen and oxygen atoms in total. The van der Waals surface area contributed by atoms with E-state index in [1.165, 1.54) is 58.3 Å². The number of rotatable bonds is 4. The van der Waals surface area contributed by atoms with Gasteiger partial charge in [-0.25, -0.2) is 0 Å². The Morgan fingerprint density at radius 3 is 2.52 bits per heavy atom. The Morgan fingerprint density at radius 1 is 1.14 bits per heavy atom. The average Bonchev–Trinajstić information content (AvgIpc) is 2.71. The van der Waals surface area contributed by atoms with Crippen LogP contribution in [0.15, 0.2) is 0 Å². The minimum atomic E-state index is 0.248. The van der Waals surface area contributed by atoms with Crippen LogP contribution in [0, 0.1) is 0 Å². The lowest BCUT2D eigenvalue weighted by Crippen LogP contribution is -2.59. The molecule has 4 heteroatoms. The van der Waals surface area contributed by atoms with E-state index in [2.05, 4.69) is 42.6 Å². The molecule has 2 fully saturated rings. The monoisotopic (exact) mass is 296 g/mol. The highest BCUT2D eigenvalue weighted by Gasteiger charge is 2.39. The Balaban J connectivity index is 2.06. The lowest BCUT2D eigenvalue weighted by molar-refractivity contribution is 0.0248. The molecule has 21 heavy (non-hydrogen) atoms. The van der Waals surface area contributed by atoms with Gasteiger partial charge in [0, 0.05) is 37.3 Å². The summed E-state index contributed by atoms with van der Waals surface area (Å²) >= 11 is 0. The molecule has 0 saturated carbocycles. The van der Waals surface area contributed by atoms with Gasteiger partial charge in [-0.1, -0.05) is 0 Å². The molecule has 124 valence electrons. The maximum atomic E-state index is 6.31. The van der Waals surface area contributed by atoms with Crippen molar-refractivity contribution in [1.82, 2.24) is 14.7 Å². The van der Waals surface area contributed by atoms with Gasteiger partial charge >= 0.3 is 0 Å². The predicted octanol–water partition coefficient (Wildman–Crippen LogP) is 1.60. The van der Waals surface area contributed by atoms with Crippen molar-refractivity contribution in [1.29, 1.82) is 0 Å². The zero-order valence-corrected chi connectivity index (χ0v) is 14.6. The molecule has 2 heterocycles. The zero-order valence-electron chi connectivity index (χ0n) is 14.6. The minimum absolute atomic E-state index is 0.248. The van der Waals surface area contributed by atoms with Crippen LogP contribution in [0.25, 0.3) is 0 Å². The first-order valence-corrected chi connectivity index (χ1v) is 8.84. The van der Waals surface area contributed by atoms with Crippen molar-refractivity contribution in [3.05, 3.63) is 0 Å². The summed E-state index contributed by atoms with van der Waals surface area (Å²) in [7, 11) is 4.44. The molecule has 2 unspecified atom stereocenters. The zero-order chi connectivity index (χ0) is 15.5. The quantitative estimate of drug-likeness (QED) is 0.855. The smallest absolute Gasteiger partial charge is 0.0345 e. The average molecular weight is 297 g/mol. The third-order valence-corrected chi connectivity index (χ3v) is 5.86. The summed E-state index contributed by atoms with van der Waals surface area (Å²) in [5.41, 5.74) is 6.56. The third kappa shape index (κ3) is 3.98. The lowest BCUT2D eigenvalue weighted by atomic mass is 9.86. The van der Waals surface area contributed by atoms with E-state index < -0.39 is 0 Å². The van der Waals surface area contributed by atoms with E-state index in [0.717, 1.165) is 6.54 Å². The molecule has 0 aromatic carbocycles. The van der Waals surface area contributed by atoms with Crippen LogP contribution < -0.4 is 5.73 Å². The van der Waals surface area contributed by atoms with Crippen LogP contribution in [0.3, 0.4) is 0 Å². The number of likely N-dealkylation sites (tertiary alicyclic amines) is 2. The van der Waals surface area contributed by atoms with Crippen LogP contribution in [-0.4, -0.2) is 79.1 Å². The molecule has 2 rings (SSSR count). The predicted molar refractivity (Wildman–Crippen MR) is 90.6 cm³/mol. The molecule has 2 atom stereocenters. The molecule has 0 bridgehead atoms. The van der Waals surface area contributed by atoms with Gasteiger partial charge in [0.05, 0.1) is 0 Å². The minimum Gasteiger partial charge on any atom is -0.329 e. The summed E-state index contributed by atoms with van der Waals surface area (Å²) in [6.45, 7) is 10.3. The molecule has 0 spiro atoms. The lowest BCUT2D eigenvalue weighted by Gasteiger charge is -2.48. The van der Waals surface area contributed by atoms with Gasteiger partial charge in [0.1, 0.15) is 0 Å². The fraction of sp³-hybridized carbons (Fsp3) is 1.00. The summed E-state index contributed by atoms with van der Waals surface area (Å²) in [6, 6.07) is 1.36. The fourth-order valence-corrected chi connectivity index (χ4v) is 4.17.